The molecule has 3 heterocycles. The Bertz CT molecular complexity index is 476. The number of piperidine rings is 2. The van der Waals surface area contributed by atoms with Gasteiger partial charge in [-0.2, -0.15) is 11.8 Å². The van der Waals surface area contributed by atoms with Gasteiger partial charge in [-0.25, -0.2) is 0 Å². The lowest BCUT2D eigenvalue weighted by molar-refractivity contribution is 0.0154. The molecule has 3 saturated heterocycles. The lowest BCUT2D eigenvalue weighted by Gasteiger charge is -2.53. The first kappa shape index (κ1) is 19.2. The highest BCUT2D eigenvalue weighted by Crippen LogP contribution is 2.51. The number of thioether (sulfide) groups is 1. The van der Waals surface area contributed by atoms with Crippen LogP contribution in [-0.2, 0) is 0 Å². The van der Waals surface area contributed by atoms with E-state index in [4.69, 9.17) is 0 Å². The van der Waals surface area contributed by atoms with Gasteiger partial charge in [-0.1, -0.05) is 6.42 Å². The lowest BCUT2D eigenvalue weighted by Crippen LogP contribution is -2.59. The molecule has 5 aliphatic rings. The van der Waals surface area contributed by atoms with E-state index in [1.165, 1.54) is 102 Å². The Hall–Kier alpha value is 0.230. The van der Waals surface area contributed by atoms with E-state index >= 15 is 0 Å². The van der Waals surface area contributed by atoms with Gasteiger partial charge in [0.25, 0.3) is 0 Å². The summed E-state index contributed by atoms with van der Waals surface area (Å²) in [5, 5.41) is 11.6. The standard InChI is InChI=1S/C23H41N3S/c1-2-18(17-4-7-23(8-5-17)9-12-24-13-10-23)22-20(3-1)19(6-11-26-22)21-16-27-15-14-25-21/h17-22,24-26H,1-16H2. The summed E-state index contributed by atoms with van der Waals surface area (Å²) < 4.78 is 0. The molecule has 0 bridgehead atoms. The Kier molecular flexibility index (Phi) is 6.07. The average molecular weight is 392 g/mol. The smallest absolute Gasteiger partial charge is 0.0190 e. The van der Waals surface area contributed by atoms with E-state index in [2.05, 4.69) is 27.7 Å². The largest absolute Gasteiger partial charge is 0.317 e. The third-order valence-corrected chi connectivity index (χ3v) is 10.3. The second-order valence-corrected chi connectivity index (χ2v) is 11.6. The first-order chi connectivity index (χ1) is 13.3. The molecule has 5 fully saturated rings. The van der Waals surface area contributed by atoms with E-state index in [1.54, 1.807) is 0 Å². The van der Waals surface area contributed by atoms with Crippen LogP contribution in [0.2, 0.25) is 0 Å². The van der Waals surface area contributed by atoms with Crippen LogP contribution in [0.5, 0.6) is 0 Å². The Balaban J connectivity index is 1.24. The third kappa shape index (κ3) is 3.98. The van der Waals surface area contributed by atoms with Crippen molar-refractivity contribution < 1.29 is 0 Å². The number of hydrogen-bond donors (Lipinski definition) is 3. The van der Waals surface area contributed by atoms with Crippen molar-refractivity contribution in [3.63, 3.8) is 0 Å². The predicted octanol–water partition coefficient (Wildman–Crippen LogP) is 3.65. The second kappa shape index (κ2) is 8.53. The highest BCUT2D eigenvalue weighted by Gasteiger charge is 2.47. The monoisotopic (exact) mass is 391 g/mol. The van der Waals surface area contributed by atoms with Gasteiger partial charge in [-0.15, -0.1) is 0 Å². The average Bonchev–Trinajstić information content (AvgIpc) is 2.75. The molecule has 3 N–H and O–H groups in total. The number of hydrogen-bond acceptors (Lipinski definition) is 4. The number of nitrogens with one attached hydrogen (secondary N) is 3. The van der Waals surface area contributed by atoms with E-state index < -0.39 is 0 Å². The van der Waals surface area contributed by atoms with Gasteiger partial charge in [-0.05, 0) is 107 Å². The molecular weight excluding hydrogens is 350 g/mol. The maximum Gasteiger partial charge on any atom is 0.0190 e. The minimum absolute atomic E-state index is 0.724. The minimum atomic E-state index is 0.724. The molecule has 0 aromatic heterocycles. The van der Waals surface area contributed by atoms with Gasteiger partial charge in [0.05, 0.1) is 0 Å². The summed E-state index contributed by atoms with van der Waals surface area (Å²) in [4.78, 5) is 0. The summed E-state index contributed by atoms with van der Waals surface area (Å²) in [6.45, 7) is 5.05. The quantitative estimate of drug-likeness (QED) is 0.672. The summed E-state index contributed by atoms with van der Waals surface area (Å²) in [6, 6.07) is 1.62. The van der Waals surface area contributed by atoms with Crippen LogP contribution in [0.3, 0.4) is 0 Å². The van der Waals surface area contributed by atoms with Gasteiger partial charge in [-0.3, -0.25) is 0 Å². The fraction of sp³-hybridized carbons (Fsp3) is 1.00. The van der Waals surface area contributed by atoms with Crippen LogP contribution in [0.4, 0.5) is 0 Å². The first-order valence-electron chi connectivity index (χ1n) is 12.1. The van der Waals surface area contributed by atoms with Crippen LogP contribution in [-0.4, -0.2) is 49.8 Å². The molecule has 0 radical (unpaired) electrons. The maximum absolute atomic E-state index is 4.06. The third-order valence-electron chi connectivity index (χ3n) is 9.23. The van der Waals surface area contributed by atoms with Crippen molar-refractivity contribution in [2.45, 2.75) is 76.3 Å². The van der Waals surface area contributed by atoms with Crippen LogP contribution in [0.1, 0.15) is 64.2 Å². The number of fused-ring (bicyclic) bond motifs is 1. The van der Waals surface area contributed by atoms with Gasteiger partial charge >= 0.3 is 0 Å². The van der Waals surface area contributed by atoms with Gasteiger partial charge in [0.2, 0.25) is 0 Å². The fourth-order valence-corrected chi connectivity index (χ4v) is 8.75. The normalized spacial score (nSPS) is 43.3. The second-order valence-electron chi connectivity index (χ2n) is 10.4. The summed E-state index contributed by atoms with van der Waals surface area (Å²) >= 11 is 2.19. The van der Waals surface area contributed by atoms with Gasteiger partial charge < -0.3 is 16.0 Å². The van der Waals surface area contributed by atoms with Crippen molar-refractivity contribution in [1.82, 2.24) is 16.0 Å². The molecule has 1 spiro atoms. The first-order valence-corrected chi connectivity index (χ1v) is 13.3. The van der Waals surface area contributed by atoms with E-state index in [0.29, 0.717) is 0 Å². The SMILES string of the molecule is C1CC(C2CCC3(CCNCC3)CC2)C2NCCC(C3CSCCN3)C2C1. The molecule has 0 amide bonds. The molecule has 5 atom stereocenters. The molecule has 3 nitrogen and oxygen atoms in total. The zero-order chi connectivity index (χ0) is 18.1. The van der Waals surface area contributed by atoms with Crippen molar-refractivity contribution in [3.05, 3.63) is 0 Å². The van der Waals surface area contributed by atoms with Crippen molar-refractivity contribution in [2.24, 2.45) is 29.1 Å². The molecule has 5 unspecified atom stereocenters. The molecule has 27 heavy (non-hydrogen) atoms. The van der Waals surface area contributed by atoms with Crippen LogP contribution in [0.15, 0.2) is 0 Å². The molecule has 2 aliphatic carbocycles. The van der Waals surface area contributed by atoms with Crippen LogP contribution in [0, 0.1) is 29.1 Å². The van der Waals surface area contributed by atoms with Crippen molar-refractivity contribution in [2.75, 3.05) is 37.7 Å². The molecule has 3 aliphatic heterocycles. The van der Waals surface area contributed by atoms with Crippen molar-refractivity contribution in [1.29, 1.82) is 0 Å². The summed E-state index contributed by atoms with van der Waals surface area (Å²) in [5.41, 5.74) is 0.724. The Labute approximate surface area is 171 Å². The van der Waals surface area contributed by atoms with E-state index in [-0.39, 0.29) is 0 Å². The Morgan fingerprint density at radius 2 is 1.52 bits per heavy atom. The van der Waals surface area contributed by atoms with Crippen LogP contribution in [0.25, 0.3) is 0 Å². The summed E-state index contributed by atoms with van der Waals surface area (Å²) in [7, 11) is 0. The van der Waals surface area contributed by atoms with Gasteiger partial charge in [0.15, 0.2) is 0 Å². The fourth-order valence-electron chi connectivity index (χ4n) is 7.71. The van der Waals surface area contributed by atoms with E-state index in [9.17, 15) is 0 Å². The highest BCUT2D eigenvalue weighted by molar-refractivity contribution is 7.99. The molecule has 0 aromatic rings. The maximum atomic E-state index is 4.06. The summed E-state index contributed by atoms with van der Waals surface area (Å²) in [6.07, 6.45) is 14.9. The van der Waals surface area contributed by atoms with Crippen LogP contribution < -0.4 is 16.0 Å². The Morgan fingerprint density at radius 3 is 2.30 bits per heavy atom. The number of rotatable bonds is 2. The molecule has 2 saturated carbocycles. The zero-order valence-corrected chi connectivity index (χ0v) is 18.0. The molecule has 0 aromatic carbocycles. The van der Waals surface area contributed by atoms with Crippen LogP contribution >= 0.6 is 11.8 Å². The van der Waals surface area contributed by atoms with E-state index in [1.807, 2.05) is 0 Å². The predicted molar refractivity (Wildman–Crippen MR) is 116 cm³/mol. The molecule has 5 rings (SSSR count). The van der Waals surface area contributed by atoms with Crippen molar-refractivity contribution >= 4 is 11.8 Å². The lowest BCUT2D eigenvalue weighted by atomic mass is 9.58. The van der Waals surface area contributed by atoms with Gasteiger partial charge in [0.1, 0.15) is 0 Å². The zero-order valence-electron chi connectivity index (χ0n) is 17.2. The Morgan fingerprint density at radius 1 is 0.704 bits per heavy atom. The molecule has 154 valence electrons. The minimum Gasteiger partial charge on any atom is -0.317 e. The van der Waals surface area contributed by atoms with Gasteiger partial charge in [0, 0.05) is 30.1 Å². The van der Waals surface area contributed by atoms with E-state index in [0.717, 1.165) is 41.2 Å². The highest BCUT2D eigenvalue weighted by atomic mass is 32.2. The topological polar surface area (TPSA) is 36.1 Å². The molecule has 4 heteroatoms. The summed E-state index contributed by atoms with van der Waals surface area (Å²) in [5.74, 6) is 6.55. The van der Waals surface area contributed by atoms with Crippen molar-refractivity contribution in [3.8, 4) is 0 Å². The molecular formula is C23H41N3S.